The summed E-state index contributed by atoms with van der Waals surface area (Å²) in [4.78, 5) is 16.5. The smallest absolute Gasteiger partial charge is 0.263 e. The molecule has 2 aliphatic heterocycles. The molecular formula is C14H19ClN4O3S. The van der Waals surface area contributed by atoms with Crippen molar-refractivity contribution in [3.8, 4) is 0 Å². The van der Waals surface area contributed by atoms with E-state index in [2.05, 4.69) is 20.3 Å². The summed E-state index contributed by atoms with van der Waals surface area (Å²) in [7, 11) is -3.57. The number of amides is 1. The van der Waals surface area contributed by atoms with Crippen LogP contribution in [0.1, 0.15) is 12.5 Å². The van der Waals surface area contributed by atoms with Crippen LogP contribution >= 0.6 is 12.4 Å². The number of carbonyl (C=O) groups excluding carboxylic acids is 1. The van der Waals surface area contributed by atoms with E-state index in [1.807, 2.05) is 0 Å². The van der Waals surface area contributed by atoms with Gasteiger partial charge >= 0.3 is 0 Å². The summed E-state index contributed by atoms with van der Waals surface area (Å²) in [5, 5.41) is 5.98. The van der Waals surface area contributed by atoms with Gasteiger partial charge in [-0.15, -0.1) is 12.4 Å². The van der Waals surface area contributed by atoms with Crippen molar-refractivity contribution in [2.24, 2.45) is 10.9 Å². The lowest BCUT2D eigenvalue weighted by atomic mass is 10.0. The molecule has 0 radical (unpaired) electrons. The molecule has 3 rings (SSSR count). The summed E-state index contributed by atoms with van der Waals surface area (Å²) in [6, 6.07) is 5.94. The standard InChI is InChI=1S/C14H18N4O3S.ClH/c1-9(14(19)16-8-10-6-15-7-10)17-13-11-4-2-3-5-12(11)22(20,21)18-13;/h2-5,9-10,15H,6-8H2,1H3,(H,16,19)(H,17,18);1H. The lowest BCUT2D eigenvalue weighted by Gasteiger charge is -2.27. The van der Waals surface area contributed by atoms with Crippen molar-refractivity contribution in [2.75, 3.05) is 19.6 Å². The number of fused-ring (bicyclic) bond motifs is 1. The average Bonchev–Trinajstić information content (AvgIpc) is 2.69. The Hall–Kier alpha value is -1.64. The van der Waals surface area contributed by atoms with Crippen LogP contribution < -0.4 is 15.4 Å². The van der Waals surface area contributed by atoms with E-state index in [1.54, 1.807) is 25.1 Å². The predicted octanol–water partition coefficient (Wildman–Crippen LogP) is -0.129. The highest BCUT2D eigenvalue weighted by Crippen LogP contribution is 2.22. The molecule has 1 aromatic rings. The first-order valence-electron chi connectivity index (χ1n) is 7.16. The monoisotopic (exact) mass is 358 g/mol. The van der Waals surface area contributed by atoms with Gasteiger partial charge < -0.3 is 10.6 Å². The van der Waals surface area contributed by atoms with Crippen molar-refractivity contribution in [2.45, 2.75) is 17.9 Å². The van der Waals surface area contributed by atoms with Crippen LogP contribution in [0.3, 0.4) is 0 Å². The molecule has 3 N–H and O–H groups in total. The number of amidine groups is 1. The number of nitrogens with one attached hydrogen (secondary N) is 3. The third kappa shape index (κ3) is 3.65. The Morgan fingerprint density at radius 2 is 2.09 bits per heavy atom. The van der Waals surface area contributed by atoms with Crippen molar-refractivity contribution < 1.29 is 13.2 Å². The number of hydrogen-bond donors (Lipinski definition) is 3. The Labute approximate surface area is 141 Å². The molecule has 0 bridgehead atoms. The first-order chi connectivity index (χ1) is 10.5. The Kier molecular flexibility index (Phi) is 5.28. The van der Waals surface area contributed by atoms with Gasteiger partial charge in [0.25, 0.3) is 10.0 Å². The number of benzene rings is 1. The Morgan fingerprint density at radius 3 is 2.74 bits per heavy atom. The molecule has 0 aliphatic carbocycles. The fraction of sp³-hybridized carbons (Fsp3) is 0.429. The normalized spacial score (nSPS) is 21.5. The highest BCUT2D eigenvalue weighted by atomic mass is 35.5. The zero-order valence-corrected chi connectivity index (χ0v) is 14.2. The largest absolute Gasteiger partial charge is 0.354 e. The second-order valence-corrected chi connectivity index (χ2v) is 7.18. The molecule has 1 fully saturated rings. The van der Waals surface area contributed by atoms with Crippen LogP contribution in [-0.4, -0.2) is 45.8 Å². The van der Waals surface area contributed by atoms with Gasteiger partial charge in [0, 0.05) is 31.1 Å². The van der Waals surface area contributed by atoms with E-state index in [9.17, 15) is 13.2 Å². The van der Waals surface area contributed by atoms with Gasteiger partial charge in [0.1, 0.15) is 11.9 Å². The molecule has 1 aromatic carbocycles. The Bertz CT molecular complexity index is 731. The minimum Gasteiger partial charge on any atom is -0.354 e. The van der Waals surface area contributed by atoms with Crippen molar-refractivity contribution in [1.29, 1.82) is 0 Å². The molecule has 2 heterocycles. The van der Waals surface area contributed by atoms with Crippen LogP contribution in [0.2, 0.25) is 0 Å². The van der Waals surface area contributed by atoms with Crippen LogP contribution in [0.15, 0.2) is 34.2 Å². The summed E-state index contributed by atoms with van der Waals surface area (Å²) < 4.78 is 26.4. The van der Waals surface area contributed by atoms with E-state index in [-0.39, 0.29) is 29.0 Å². The molecule has 126 valence electrons. The van der Waals surface area contributed by atoms with Crippen molar-refractivity contribution in [3.63, 3.8) is 0 Å². The summed E-state index contributed by atoms with van der Waals surface area (Å²) >= 11 is 0. The maximum absolute atomic E-state index is 12.0. The molecule has 0 aromatic heterocycles. The first-order valence-corrected chi connectivity index (χ1v) is 8.64. The second-order valence-electron chi connectivity index (χ2n) is 5.52. The molecule has 1 amide bonds. The summed E-state index contributed by atoms with van der Waals surface area (Å²) in [6.45, 7) is 4.09. The SMILES string of the molecule is CC(N=C1NS(=O)(=O)c2ccccc21)C(=O)NCC1CNC1.Cl. The lowest BCUT2D eigenvalue weighted by molar-refractivity contribution is -0.122. The fourth-order valence-corrected chi connectivity index (χ4v) is 3.61. The molecule has 0 saturated carbocycles. The van der Waals surface area contributed by atoms with E-state index in [1.165, 1.54) is 6.07 Å². The maximum Gasteiger partial charge on any atom is 0.263 e. The lowest BCUT2D eigenvalue weighted by Crippen LogP contribution is -2.49. The molecule has 1 saturated heterocycles. The van der Waals surface area contributed by atoms with Gasteiger partial charge in [-0.1, -0.05) is 12.1 Å². The van der Waals surface area contributed by atoms with E-state index >= 15 is 0 Å². The fourth-order valence-electron chi connectivity index (χ4n) is 2.37. The van der Waals surface area contributed by atoms with Gasteiger partial charge in [-0.3, -0.25) is 14.5 Å². The third-order valence-corrected chi connectivity index (χ3v) is 5.19. The summed E-state index contributed by atoms with van der Waals surface area (Å²) in [6.07, 6.45) is 0. The van der Waals surface area contributed by atoms with E-state index in [4.69, 9.17) is 0 Å². The third-order valence-electron chi connectivity index (χ3n) is 3.80. The molecule has 1 unspecified atom stereocenters. The van der Waals surface area contributed by atoms with E-state index in [0.29, 0.717) is 18.0 Å². The van der Waals surface area contributed by atoms with Crippen molar-refractivity contribution in [1.82, 2.24) is 15.4 Å². The van der Waals surface area contributed by atoms with Gasteiger partial charge in [0.2, 0.25) is 5.91 Å². The van der Waals surface area contributed by atoms with Gasteiger partial charge in [0.15, 0.2) is 0 Å². The zero-order chi connectivity index (χ0) is 15.7. The van der Waals surface area contributed by atoms with Gasteiger partial charge in [-0.05, 0) is 19.1 Å². The minimum atomic E-state index is -3.57. The molecule has 0 spiro atoms. The molecular weight excluding hydrogens is 340 g/mol. The molecule has 1 atom stereocenters. The maximum atomic E-state index is 12.0. The number of halogens is 1. The van der Waals surface area contributed by atoms with Crippen molar-refractivity contribution in [3.05, 3.63) is 29.8 Å². The van der Waals surface area contributed by atoms with Gasteiger partial charge in [-0.25, -0.2) is 8.42 Å². The highest BCUT2D eigenvalue weighted by Gasteiger charge is 2.31. The van der Waals surface area contributed by atoms with Gasteiger partial charge in [-0.2, -0.15) is 0 Å². The van der Waals surface area contributed by atoms with Crippen LogP contribution in [0.4, 0.5) is 0 Å². The minimum absolute atomic E-state index is 0. The topological polar surface area (TPSA) is 99.7 Å². The molecule has 9 heteroatoms. The summed E-state index contributed by atoms with van der Waals surface area (Å²) in [5.74, 6) is 0.487. The highest BCUT2D eigenvalue weighted by molar-refractivity contribution is 7.90. The average molecular weight is 359 g/mol. The molecule has 23 heavy (non-hydrogen) atoms. The summed E-state index contributed by atoms with van der Waals surface area (Å²) in [5.41, 5.74) is 0.505. The zero-order valence-electron chi connectivity index (χ0n) is 12.6. The second kappa shape index (κ2) is 6.86. The van der Waals surface area contributed by atoms with Crippen LogP contribution in [-0.2, 0) is 14.8 Å². The molecule has 2 aliphatic rings. The Morgan fingerprint density at radius 1 is 1.39 bits per heavy atom. The van der Waals surface area contributed by atoms with Crippen molar-refractivity contribution >= 4 is 34.2 Å². The number of rotatable bonds is 4. The number of sulfonamides is 1. The number of carbonyl (C=O) groups is 1. The number of aliphatic imine (C=N–C) groups is 1. The number of hydrogen-bond acceptors (Lipinski definition) is 5. The molecule has 7 nitrogen and oxygen atoms in total. The predicted molar refractivity (Wildman–Crippen MR) is 89.4 cm³/mol. The van der Waals surface area contributed by atoms with E-state index < -0.39 is 16.1 Å². The van der Waals surface area contributed by atoms with E-state index in [0.717, 1.165) is 13.1 Å². The van der Waals surface area contributed by atoms with Gasteiger partial charge in [0.05, 0.1) is 4.90 Å². The number of nitrogens with zero attached hydrogens (tertiary/aromatic N) is 1. The van der Waals surface area contributed by atoms with Crippen LogP contribution in [0.25, 0.3) is 0 Å². The quantitative estimate of drug-likeness (QED) is 0.698. The van der Waals surface area contributed by atoms with Crippen LogP contribution in [0.5, 0.6) is 0 Å². The first kappa shape index (κ1) is 17.7. The van der Waals surface area contributed by atoms with Crippen LogP contribution in [0, 0.1) is 5.92 Å². The Balaban J connectivity index is 0.00000192.